The molecule has 2 aromatic rings. The smallest absolute Gasteiger partial charge is 0.135 e. The normalized spacial score (nSPS) is 14.0. The number of nitriles is 1. The highest BCUT2D eigenvalue weighted by molar-refractivity contribution is 9.10. The highest BCUT2D eigenvalue weighted by atomic mass is 79.9. The molecule has 0 amide bonds. The molecular weight excluding hydrogens is 318 g/mol. The average molecular weight is 332 g/mol. The van der Waals surface area contributed by atoms with Gasteiger partial charge in [-0.15, -0.1) is 10.2 Å². The molecular formula is C14H14BrN5. The van der Waals surface area contributed by atoms with E-state index in [0.717, 1.165) is 29.1 Å². The second kappa shape index (κ2) is 5.63. The van der Waals surface area contributed by atoms with Crippen LogP contribution >= 0.6 is 15.9 Å². The third kappa shape index (κ3) is 2.83. The minimum atomic E-state index is 0.597. The monoisotopic (exact) mass is 331 g/mol. The molecule has 102 valence electrons. The molecule has 6 heteroatoms. The van der Waals surface area contributed by atoms with Crippen molar-refractivity contribution in [3.63, 3.8) is 0 Å². The summed E-state index contributed by atoms with van der Waals surface area (Å²) in [5.41, 5.74) is 1.50. The van der Waals surface area contributed by atoms with E-state index in [1.54, 1.807) is 6.33 Å². The molecule has 20 heavy (non-hydrogen) atoms. The van der Waals surface area contributed by atoms with Crippen LogP contribution in [0.1, 0.15) is 30.1 Å². The molecule has 0 bridgehead atoms. The van der Waals surface area contributed by atoms with E-state index < -0.39 is 0 Å². The molecule has 1 saturated carbocycles. The Morgan fingerprint density at radius 2 is 2.30 bits per heavy atom. The third-order valence-electron chi connectivity index (χ3n) is 3.36. The molecule has 1 aromatic heterocycles. The molecule has 1 aliphatic rings. The predicted octanol–water partition coefficient (Wildman–Crippen LogP) is 2.90. The lowest BCUT2D eigenvalue weighted by atomic mass is 10.2. The summed E-state index contributed by atoms with van der Waals surface area (Å²) in [5.74, 6) is 1.68. The predicted molar refractivity (Wildman–Crippen MR) is 79.3 cm³/mol. The van der Waals surface area contributed by atoms with Gasteiger partial charge < -0.3 is 9.88 Å². The molecule has 0 atom stereocenters. The Bertz CT molecular complexity index is 654. The molecule has 5 nitrogen and oxygen atoms in total. The first-order valence-corrected chi connectivity index (χ1v) is 7.38. The van der Waals surface area contributed by atoms with Crippen LogP contribution in [0.2, 0.25) is 0 Å². The van der Waals surface area contributed by atoms with Gasteiger partial charge in [-0.3, -0.25) is 0 Å². The quantitative estimate of drug-likeness (QED) is 0.914. The first-order valence-electron chi connectivity index (χ1n) is 6.59. The average Bonchev–Trinajstić information content (AvgIpc) is 3.20. The Morgan fingerprint density at radius 3 is 3.05 bits per heavy atom. The van der Waals surface area contributed by atoms with Gasteiger partial charge >= 0.3 is 0 Å². The van der Waals surface area contributed by atoms with Gasteiger partial charge in [0.1, 0.15) is 18.2 Å². The zero-order valence-electron chi connectivity index (χ0n) is 10.9. The summed E-state index contributed by atoms with van der Waals surface area (Å²) in [5, 5.41) is 20.6. The van der Waals surface area contributed by atoms with Gasteiger partial charge in [0.15, 0.2) is 0 Å². The summed E-state index contributed by atoms with van der Waals surface area (Å²) in [7, 11) is 0. The zero-order valence-corrected chi connectivity index (χ0v) is 12.5. The zero-order chi connectivity index (χ0) is 13.9. The molecule has 0 aliphatic heterocycles. The lowest BCUT2D eigenvalue weighted by Gasteiger charge is -2.10. The summed E-state index contributed by atoms with van der Waals surface area (Å²) >= 11 is 3.37. The van der Waals surface area contributed by atoms with Crippen LogP contribution in [-0.2, 0) is 6.54 Å². The molecule has 1 fully saturated rings. The van der Waals surface area contributed by atoms with Gasteiger partial charge in [-0.1, -0.05) is 15.9 Å². The van der Waals surface area contributed by atoms with Crippen LogP contribution < -0.4 is 5.32 Å². The Hall–Kier alpha value is -1.87. The fraction of sp³-hybridized carbons (Fsp3) is 0.357. The number of hydrogen-bond acceptors (Lipinski definition) is 4. The van der Waals surface area contributed by atoms with Crippen molar-refractivity contribution in [1.29, 1.82) is 5.26 Å². The third-order valence-corrected chi connectivity index (χ3v) is 3.85. The van der Waals surface area contributed by atoms with E-state index in [1.807, 2.05) is 18.2 Å². The molecule has 0 unspecified atom stereocenters. The van der Waals surface area contributed by atoms with Gasteiger partial charge in [0.05, 0.1) is 11.3 Å². The Morgan fingerprint density at radius 1 is 1.45 bits per heavy atom. The molecule has 0 spiro atoms. The second-order valence-corrected chi connectivity index (χ2v) is 5.80. The number of aromatic nitrogens is 3. The van der Waals surface area contributed by atoms with Crippen molar-refractivity contribution in [2.45, 2.75) is 25.3 Å². The number of anilines is 1. The summed E-state index contributed by atoms with van der Waals surface area (Å²) in [6.07, 6.45) is 4.22. The summed E-state index contributed by atoms with van der Waals surface area (Å²) in [6, 6.07) is 7.85. The van der Waals surface area contributed by atoms with Crippen molar-refractivity contribution in [2.24, 2.45) is 0 Å². The molecule has 1 aromatic carbocycles. The molecule has 1 heterocycles. The number of nitrogens with one attached hydrogen (secondary N) is 1. The maximum atomic E-state index is 9.12. The fourth-order valence-corrected chi connectivity index (χ4v) is 2.53. The number of halogens is 1. The van der Waals surface area contributed by atoms with E-state index >= 15 is 0 Å². The Balaban J connectivity index is 1.62. The maximum absolute atomic E-state index is 9.12. The van der Waals surface area contributed by atoms with Crippen molar-refractivity contribution in [2.75, 3.05) is 11.9 Å². The van der Waals surface area contributed by atoms with E-state index in [-0.39, 0.29) is 0 Å². The van der Waals surface area contributed by atoms with Crippen LogP contribution in [0.3, 0.4) is 0 Å². The Labute approximate surface area is 125 Å². The van der Waals surface area contributed by atoms with Crippen molar-refractivity contribution >= 4 is 21.6 Å². The summed E-state index contributed by atoms with van der Waals surface area (Å²) in [6.45, 7) is 1.55. The van der Waals surface area contributed by atoms with Gasteiger partial charge in [0, 0.05) is 23.5 Å². The molecule has 1 N–H and O–H groups in total. The van der Waals surface area contributed by atoms with Crippen molar-refractivity contribution in [3.8, 4) is 6.07 Å². The van der Waals surface area contributed by atoms with E-state index in [9.17, 15) is 0 Å². The van der Waals surface area contributed by atoms with E-state index in [4.69, 9.17) is 5.26 Å². The minimum Gasteiger partial charge on any atom is -0.382 e. The summed E-state index contributed by atoms with van der Waals surface area (Å²) < 4.78 is 3.00. The summed E-state index contributed by atoms with van der Waals surface area (Å²) in [4.78, 5) is 0. The van der Waals surface area contributed by atoms with Crippen molar-refractivity contribution < 1.29 is 0 Å². The van der Waals surface area contributed by atoms with Crippen LogP contribution in [0.4, 0.5) is 5.69 Å². The van der Waals surface area contributed by atoms with Gasteiger partial charge in [-0.2, -0.15) is 5.26 Å². The number of rotatable bonds is 5. The van der Waals surface area contributed by atoms with Crippen LogP contribution in [0.25, 0.3) is 0 Å². The van der Waals surface area contributed by atoms with Gasteiger partial charge in [-0.05, 0) is 31.0 Å². The standard InChI is InChI=1S/C14H14BrN5/c15-12-3-4-13(11(7-12)8-16)17-5-6-20-9-18-19-14(20)10-1-2-10/h3-4,7,9-10,17H,1-2,5-6H2. The number of benzene rings is 1. The second-order valence-electron chi connectivity index (χ2n) is 4.89. The lowest BCUT2D eigenvalue weighted by Crippen LogP contribution is -2.12. The van der Waals surface area contributed by atoms with Gasteiger partial charge in [0.2, 0.25) is 0 Å². The molecule has 0 saturated heterocycles. The van der Waals surface area contributed by atoms with Gasteiger partial charge in [-0.25, -0.2) is 0 Å². The largest absolute Gasteiger partial charge is 0.382 e. The topological polar surface area (TPSA) is 66.5 Å². The first-order chi connectivity index (χ1) is 9.78. The van der Waals surface area contributed by atoms with Crippen LogP contribution in [0, 0.1) is 11.3 Å². The minimum absolute atomic E-state index is 0.597. The first kappa shape index (κ1) is 13.1. The number of nitrogens with zero attached hydrogens (tertiary/aromatic N) is 4. The fourth-order valence-electron chi connectivity index (χ4n) is 2.17. The molecule has 0 radical (unpaired) electrons. The highest BCUT2D eigenvalue weighted by Crippen LogP contribution is 2.38. The maximum Gasteiger partial charge on any atom is 0.135 e. The number of hydrogen-bond donors (Lipinski definition) is 1. The molecule has 1 aliphatic carbocycles. The van der Waals surface area contributed by atoms with Crippen LogP contribution in [0.15, 0.2) is 29.0 Å². The van der Waals surface area contributed by atoms with Crippen LogP contribution in [0.5, 0.6) is 0 Å². The van der Waals surface area contributed by atoms with Crippen LogP contribution in [-0.4, -0.2) is 21.3 Å². The lowest BCUT2D eigenvalue weighted by molar-refractivity contribution is 0.676. The van der Waals surface area contributed by atoms with E-state index in [1.165, 1.54) is 12.8 Å². The highest BCUT2D eigenvalue weighted by Gasteiger charge is 2.28. The SMILES string of the molecule is N#Cc1cc(Br)ccc1NCCn1cnnc1C1CC1. The van der Waals surface area contributed by atoms with Crippen molar-refractivity contribution in [1.82, 2.24) is 14.8 Å². The Kier molecular flexibility index (Phi) is 3.70. The van der Waals surface area contributed by atoms with Gasteiger partial charge in [0.25, 0.3) is 0 Å². The van der Waals surface area contributed by atoms with Crippen molar-refractivity contribution in [3.05, 3.63) is 40.4 Å². The van der Waals surface area contributed by atoms with E-state index in [0.29, 0.717) is 11.5 Å². The van der Waals surface area contributed by atoms with E-state index in [2.05, 4.69) is 42.1 Å². The molecule has 3 rings (SSSR count).